The summed E-state index contributed by atoms with van der Waals surface area (Å²) in [6, 6.07) is 3.64. The second kappa shape index (κ2) is 3.23. The predicted molar refractivity (Wildman–Crippen MR) is 56.2 cm³/mol. The number of nitrogens with zero attached hydrogens (tertiary/aromatic N) is 6. The number of rotatable bonds is 1. The van der Waals surface area contributed by atoms with Crippen molar-refractivity contribution in [2.24, 2.45) is 0 Å². The number of nitrogens with two attached hydrogens (primary N) is 1. The Labute approximate surface area is 90.0 Å². The van der Waals surface area contributed by atoms with Crippen LogP contribution in [0.1, 0.15) is 0 Å². The van der Waals surface area contributed by atoms with Crippen molar-refractivity contribution < 1.29 is 0 Å². The van der Waals surface area contributed by atoms with E-state index in [1.807, 2.05) is 12.1 Å². The molecule has 7 heteroatoms. The molecule has 7 nitrogen and oxygen atoms in total. The summed E-state index contributed by atoms with van der Waals surface area (Å²) in [6.45, 7) is 0. The van der Waals surface area contributed by atoms with Gasteiger partial charge < -0.3 is 5.73 Å². The molecule has 3 heterocycles. The van der Waals surface area contributed by atoms with Gasteiger partial charge in [0.25, 0.3) is 5.78 Å². The van der Waals surface area contributed by atoms with Gasteiger partial charge in [0.1, 0.15) is 6.33 Å². The van der Waals surface area contributed by atoms with Crippen molar-refractivity contribution in [2.45, 2.75) is 0 Å². The molecule has 0 fully saturated rings. The number of pyridine rings is 1. The van der Waals surface area contributed by atoms with Crippen LogP contribution in [0.5, 0.6) is 0 Å². The molecule has 0 radical (unpaired) electrons. The number of fused-ring (bicyclic) bond motifs is 1. The van der Waals surface area contributed by atoms with Crippen molar-refractivity contribution in [3.63, 3.8) is 0 Å². The average Bonchev–Trinajstić information content (AvgIpc) is 2.76. The molecule has 0 aliphatic carbocycles. The van der Waals surface area contributed by atoms with Crippen LogP contribution in [-0.4, -0.2) is 29.5 Å². The number of hydrogen-bond acceptors (Lipinski definition) is 6. The average molecular weight is 213 g/mol. The van der Waals surface area contributed by atoms with Crippen LogP contribution in [-0.2, 0) is 0 Å². The Balaban J connectivity index is 2.23. The van der Waals surface area contributed by atoms with Crippen LogP contribution < -0.4 is 5.73 Å². The van der Waals surface area contributed by atoms with Gasteiger partial charge in [0.05, 0.1) is 0 Å². The van der Waals surface area contributed by atoms with E-state index in [0.717, 1.165) is 5.56 Å². The molecule has 3 aromatic heterocycles. The Bertz CT molecular complexity index is 631. The van der Waals surface area contributed by atoms with E-state index in [1.165, 1.54) is 10.8 Å². The second-order valence-corrected chi connectivity index (χ2v) is 3.11. The molecule has 16 heavy (non-hydrogen) atoms. The minimum Gasteiger partial charge on any atom is -0.368 e. The zero-order valence-corrected chi connectivity index (χ0v) is 8.15. The molecule has 2 N–H and O–H groups in total. The van der Waals surface area contributed by atoms with Crippen molar-refractivity contribution in [2.75, 3.05) is 5.73 Å². The lowest BCUT2D eigenvalue weighted by Crippen LogP contribution is -2.02. The van der Waals surface area contributed by atoms with E-state index in [1.54, 1.807) is 12.4 Å². The molecule has 3 aromatic rings. The van der Waals surface area contributed by atoms with E-state index in [9.17, 15) is 0 Å². The monoisotopic (exact) mass is 213 g/mol. The molecule has 78 valence electrons. The third kappa shape index (κ3) is 1.26. The van der Waals surface area contributed by atoms with Crippen molar-refractivity contribution in [1.29, 1.82) is 0 Å². The highest BCUT2D eigenvalue weighted by molar-refractivity contribution is 5.56. The molecule has 0 aliphatic heterocycles. The third-order valence-corrected chi connectivity index (χ3v) is 2.11. The van der Waals surface area contributed by atoms with E-state index >= 15 is 0 Å². The molecular formula is C9H7N7. The Hall–Kier alpha value is -2.57. The maximum atomic E-state index is 5.64. The Morgan fingerprint density at radius 1 is 1.12 bits per heavy atom. The summed E-state index contributed by atoms with van der Waals surface area (Å²) in [4.78, 5) is 16.0. The number of anilines is 1. The standard InChI is InChI=1S/C9H7N7/c10-8-12-5-13-9-14-7(15-16(8)9)6-1-3-11-4-2-6/h1-5H,(H2,10,12,13,14,15). The molecule has 3 rings (SSSR count). The van der Waals surface area contributed by atoms with Gasteiger partial charge in [0, 0.05) is 18.0 Å². The Morgan fingerprint density at radius 2 is 1.94 bits per heavy atom. The highest BCUT2D eigenvalue weighted by Crippen LogP contribution is 2.14. The van der Waals surface area contributed by atoms with E-state index in [2.05, 4.69) is 25.0 Å². The van der Waals surface area contributed by atoms with Crippen molar-refractivity contribution >= 4 is 11.7 Å². The van der Waals surface area contributed by atoms with E-state index in [0.29, 0.717) is 11.6 Å². The normalized spacial score (nSPS) is 10.8. The van der Waals surface area contributed by atoms with Gasteiger partial charge in [-0.25, -0.2) is 4.98 Å². The van der Waals surface area contributed by atoms with Crippen molar-refractivity contribution in [3.05, 3.63) is 30.9 Å². The predicted octanol–water partition coefficient (Wildman–Crippen LogP) is 0.163. The summed E-state index contributed by atoms with van der Waals surface area (Å²) in [5.41, 5.74) is 6.51. The number of nitrogen functional groups attached to an aromatic ring is 1. The number of hydrogen-bond donors (Lipinski definition) is 1. The smallest absolute Gasteiger partial charge is 0.257 e. The molecular weight excluding hydrogens is 206 g/mol. The van der Waals surface area contributed by atoms with E-state index in [-0.39, 0.29) is 5.95 Å². The fraction of sp³-hybridized carbons (Fsp3) is 0. The first-order valence-electron chi connectivity index (χ1n) is 4.58. The molecule has 0 aromatic carbocycles. The van der Waals surface area contributed by atoms with Crippen LogP contribution >= 0.6 is 0 Å². The molecule has 0 atom stereocenters. The van der Waals surface area contributed by atoms with Crippen LogP contribution in [0.3, 0.4) is 0 Å². The van der Waals surface area contributed by atoms with Crippen LogP contribution in [0.25, 0.3) is 17.2 Å². The SMILES string of the molecule is Nc1ncnc2nc(-c3ccncc3)nn12. The quantitative estimate of drug-likeness (QED) is 0.618. The molecule has 0 amide bonds. The fourth-order valence-electron chi connectivity index (χ4n) is 1.36. The topological polar surface area (TPSA) is 94.9 Å². The van der Waals surface area contributed by atoms with Crippen LogP contribution in [0.2, 0.25) is 0 Å². The maximum Gasteiger partial charge on any atom is 0.257 e. The van der Waals surface area contributed by atoms with Crippen LogP contribution in [0, 0.1) is 0 Å². The molecule has 0 spiro atoms. The summed E-state index contributed by atoms with van der Waals surface area (Å²) in [7, 11) is 0. The van der Waals surface area contributed by atoms with Gasteiger partial charge in [-0.15, -0.1) is 5.10 Å². The van der Waals surface area contributed by atoms with Gasteiger partial charge in [-0.3, -0.25) is 4.98 Å². The fourth-order valence-corrected chi connectivity index (χ4v) is 1.36. The molecule has 0 saturated carbocycles. The third-order valence-electron chi connectivity index (χ3n) is 2.11. The second-order valence-electron chi connectivity index (χ2n) is 3.11. The van der Waals surface area contributed by atoms with Gasteiger partial charge in [0.2, 0.25) is 5.95 Å². The van der Waals surface area contributed by atoms with Gasteiger partial charge in [-0.1, -0.05) is 0 Å². The number of aromatic nitrogens is 6. The Morgan fingerprint density at radius 3 is 2.69 bits per heavy atom. The van der Waals surface area contributed by atoms with E-state index < -0.39 is 0 Å². The zero-order chi connectivity index (χ0) is 11.0. The van der Waals surface area contributed by atoms with Gasteiger partial charge >= 0.3 is 0 Å². The summed E-state index contributed by atoms with van der Waals surface area (Å²) in [5, 5.41) is 4.21. The summed E-state index contributed by atoms with van der Waals surface area (Å²) >= 11 is 0. The lowest BCUT2D eigenvalue weighted by atomic mass is 10.3. The molecule has 0 aliphatic rings. The summed E-state index contributed by atoms with van der Waals surface area (Å²) in [6.07, 6.45) is 4.71. The molecule has 0 saturated heterocycles. The first-order valence-corrected chi connectivity index (χ1v) is 4.58. The molecule has 0 bridgehead atoms. The summed E-state index contributed by atoms with van der Waals surface area (Å²) in [5.74, 6) is 1.24. The first-order chi connectivity index (χ1) is 7.84. The zero-order valence-electron chi connectivity index (χ0n) is 8.15. The van der Waals surface area contributed by atoms with Gasteiger partial charge in [0.15, 0.2) is 5.82 Å². The minimum atomic E-state index is 0.262. The minimum absolute atomic E-state index is 0.262. The lowest BCUT2D eigenvalue weighted by molar-refractivity contribution is 0.911. The highest BCUT2D eigenvalue weighted by atomic mass is 15.4. The maximum absolute atomic E-state index is 5.64. The van der Waals surface area contributed by atoms with Crippen LogP contribution in [0.15, 0.2) is 30.9 Å². The highest BCUT2D eigenvalue weighted by Gasteiger charge is 2.08. The lowest BCUT2D eigenvalue weighted by Gasteiger charge is -1.92. The van der Waals surface area contributed by atoms with E-state index in [4.69, 9.17) is 5.73 Å². The van der Waals surface area contributed by atoms with Gasteiger partial charge in [-0.05, 0) is 12.1 Å². The summed E-state index contributed by atoms with van der Waals surface area (Å²) < 4.78 is 1.40. The molecule has 0 unspecified atom stereocenters. The van der Waals surface area contributed by atoms with Crippen molar-refractivity contribution in [3.8, 4) is 11.4 Å². The first kappa shape index (κ1) is 8.72. The van der Waals surface area contributed by atoms with Crippen molar-refractivity contribution in [1.82, 2.24) is 29.5 Å². The Kier molecular flexibility index (Phi) is 1.76. The largest absolute Gasteiger partial charge is 0.368 e. The van der Waals surface area contributed by atoms with Crippen LogP contribution in [0.4, 0.5) is 5.95 Å². The van der Waals surface area contributed by atoms with Gasteiger partial charge in [-0.2, -0.15) is 14.5 Å².